The van der Waals surface area contributed by atoms with Crippen molar-refractivity contribution in [2.45, 2.75) is 0 Å². The van der Waals surface area contributed by atoms with E-state index >= 15 is 0 Å². The van der Waals surface area contributed by atoms with Crippen molar-refractivity contribution in [2.75, 3.05) is 19.8 Å². The Morgan fingerprint density at radius 2 is 0.822 bits per heavy atom. The molecular formula is C38H27N7. The number of nitrogens with zero attached hydrogens (tertiary/aromatic N) is 6. The quantitative estimate of drug-likeness (QED) is 0.223. The molecule has 0 spiro atoms. The molecule has 9 rings (SSSR count). The number of rotatable bonds is 5. The summed E-state index contributed by atoms with van der Waals surface area (Å²) in [5, 5.41) is 14.8. The number of benzene rings is 5. The molecule has 3 aliphatic heterocycles. The fourth-order valence-corrected chi connectivity index (χ4v) is 6.19. The number of hydrazone groups is 2. The Morgan fingerprint density at radius 3 is 1.31 bits per heavy atom. The first-order valence-corrected chi connectivity index (χ1v) is 15.0. The molecule has 0 atom stereocenters. The van der Waals surface area contributed by atoms with Crippen LogP contribution in [0.25, 0.3) is 11.3 Å². The number of fused-ring (bicyclic) bond motifs is 5. The second kappa shape index (κ2) is 10.1. The number of aromatic nitrogens is 1. The van der Waals surface area contributed by atoms with Crippen LogP contribution in [-0.4, -0.2) is 16.7 Å². The van der Waals surface area contributed by atoms with Gasteiger partial charge < -0.3 is 4.98 Å². The maximum atomic E-state index is 5.34. The van der Waals surface area contributed by atoms with E-state index in [-0.39, 0.29) is 0 Å². The highest BCUT2D eigenvalue weighted by atomic mass is 15.7. The lowest BCUT2D eigenvalue weighted by atomic mass is 10.1. The van der Waals surface area contributed by atoms with E-state index in [1.54, 1.807) is 0 Å². The van der Waals surface area contributed by atoms with E-state index in [1.807, 2.05) is 64.6 Å². The molecule has 7 nitrogen and oxygen atoms in total. The minimum Gasteiger partial charge on any atom is -0.339 e. The van der Waals surface area contributed by atoms with E-state index in [9.17, 15) is 0 Å². The Kier molecular flexibility index (Phi) is 5.67. The number of amidine groups is 2. The van der Waals surface area contributed by atoms with Crippen molar-refractivity contribution >= 4 is 34.6 Å². The van der Waals surface area contributed by atoms with Gasteiger partial charge in [0, 0.05) is 16.8 Å². The molecule has 1 N–H and O–H groups in total. The first kappa shape index (κ1) is 25.2. The van der Waals surface area contributed by atoms with E-state index in [1.165, 1.54) is 0 Å². The van der Waals surface area contributed by atoms with Crippen molar-refractivity contribution in [1.82, 2.24) is 4.98 Å². The molecule has 5 aromatic carbocycles. The largest absolute Gasteiger partial charge is 0.339 e. The molecule has 4 heterocycles. The highest BCUT2D eigenvalue weighted by Gasteiger charge is 2.49. The van der Waals surface area contributed by atoms with Crippen LogP contribution in [0.5, 0.6) is 0 Å². The Balaban J connectivity index is 1.36. The molecule has 214 valence electrons. The van der Waals surface area contributed by atoms with E-state index in [0.29, 0.717) is 0 Å². The Bertz CT molecular complexity index is 1970. The molecule has 1 aromatic heterocycles. The Hall–Kier alpha value is -6.34. The average Bonchev–Trinajstić information content (AvgIpc) is 3.84. The van der Waals surface area contributed by atoms with Crippen LogP contribution in [0.1, 0.15) is 11.1 Å². The standard InChI is InChI=1S/C38H27N7/c1-6-16-27(17-7-1)32-26-33-36(39-32)43-35(29-20-10-3-11-21-29)41-45(31-24-14-5-15-25-31)38(43)37-42(33)34(28-18-8-2-9-19-28)40-44(37)30-22-12-4-13-23-30/h1-26,39H. The summed E-state index contributed by atoms with van der Waals surface area (Å²) >= 11 is 0. The summed E-state index contributed by atoms with van der Waals surface area (Å²) in [6.45, 7) is 0. The van der Waals surface area contributed by atoms with Gasteiger partial charge in [0.25, 0.3) is 0 Å². The summed E-state index contributed by atoms with van der Waals surface area (Å²) in [6, 6.07) is 54.0. The minimum absolute atomic E-state index is 0.825. The first-order valence-electron chi connectivity index (χ1n) is 15.0. The fraction of sp³-hybridized carbons (Fsp3) is 0. The molecule has 0 radical (unpaired) electrons. The third-order valence-corrected chi connectivity index (χ3v) is 8.23. The van der Waals surface area contributed by atoms with E-state index in [4.69, 9.17) is 10.2 Å². The summed E-state index contributed by atoms with van der Waals surface area (Å²) in [5.41, 5.74) is 7.05. The highest BCUT2D eigenvalue weighted by molar-refractivity contribution is 6.23. The second-order valence-electron chi connectivity index (χ2n) is 11.0. The first-order chi connectivity index (χ1) is 22.3. The van der Waals surface area contributed by atoms with Gasteiger partial charge in [-0.25, -0.2) is 10.0 Å². The monoisotopic (exact) mass is 581 g/mol. The summed E-state index contributed by atoms with van der Waals surface area (Å²) in [7, 11) is 0. The Labute approximate surface area is 260 Å². The van der Waals surface area contributed by atoms with Crippen LogP contribution in [0.4, 0.5) is 22.9 Å². The van der Waals surface area contributed by atoms with Gasteiger partial charge in [0.2, 0.25) is 0 Å². The van der Waals surface area contributed by atoms with Crippen molar-refractivity contribution in [3.63, 3.8) is 0 Å². The van der Waals surface area contributed by atoms with Gasteiger partial charge in [-0.1, -0.05) is 127 Å². The molecule has 0 saturated carbocycles. The number of para-hydroxylation sites is 2. The van der Waals surface area contributed by atoms with Gasteiger partial charge in [0.1, 0.15) is 5.82 Å². The predicted molar refractivity (Wildman–Crippen MR) is 182 cm³/mol. The van der Waals surface area contributed by atoms with E-state index < -0.39 is 0 Å². The number of nitrogens with one attached hydrogen (secondary N) is 1. The maximum Gasteiger partial charge on any atom is 0.186 e. The van der Waals surface area contributed by atoms with E-state index in [0.717, 1.165) is 68.6 Å². The lowest BCUT2D eigenvalue weighted by Gasteiger charge is -2.36. The average molecular weight is 582 g/mol. The molecular weight excluding hydrogens is 554 g/mol. The van der Waals surface area contributed by atoms with Crippen LogP contribution in [0.3, 0.4) is 0 Å². The zero-order valence-corrected chi connectivity index (χ0v) is 24.2. The Morgan fingerprint density at radius 1 is 0.422 bits per heavy atom. The molecule has 6 aromatic rings. The van der Waals surface area contributed by atoms with Crippen molar-refractivity contribution in [1.29, 1.82) is 0 Å². The molecule has 0 fully saturated rings. The number of aromatic amines is 1. The van der Waals surface area contributed by atoms with Gasteiger partial charge in [0.15, 0.2) is 23.3 Å². The van der Waals surface area contributed by atoms with Gasteiger partial charge in [-0.3, -0.25) is 9.80 Å². The van der Waals surface area contributed by atoms with Crippen LogP contribution in [-0.2, 0) is 0 Å². The number of anilines is 4. The van der Waals surface area contributed by atoms with Crippen LogP contribution in [0.2, 0.25) is 0 Å². The van der Waals surface area contributed by atoms with Gasteiger partial charge >= 0.3 is 0 Å². The molecule has 45 heavy (non-hydrogen) atoms. The maximum absolute atomic E-state index is 5.34. The second-order valence-corrected chi connectivity index (χ2v) is 11.0. The highest BCUT2D eigenvalue weighted by Crippen LogP contribution is 2.50. The number of hydrogen-bond acceptors (Lipinski definition) is 6. The normalized spacial score (nSPS) is 15.1. The molecule has 0 unspecified atom stereocenters. The van der Waals surface area contributed by atoms with Crippen molar-refractivity contribution in [3.05, 3.63) is 180 Å². The zero-order valence-electron chi connectivity index (χ0n) is 24.2. The van der Waals surface area contributed by atoms with Crippen LogP contribution in [0.15, 0.2) is 180 Å². The lowest BCUT2D eigenvalue weighted by Crippen LogP contribution is -2.43. The molecule has 0 aliphatic carbocycles. The van der Waals surface area contributed by atoms with Crippen molar-refractivity contribution < 1.29 is 0 Å². The lowest BCUT2D eigenvalue weighted by molar-refractivity contribution is 0.909. The molecule has 0 amide bonds. The molecule has 3 aliphatic rings. The predicted octanol–water partition coefficient (Wildman–Crippen LogP) is 8.20. The van der Waals surface area contributed by atoms with Crippen molar-refractivity contribution in [3.8, 4) is 11.3 Å². The summed E-state index contributed by atoms with van der Waals surface area (Å²) < 4.78 is 0. The summed E-state index contributed by atoms with van der Waals surface area (Å²) in [6.07, 6.45) is 0. The van der Waals surface area contributed by atoms with Gasteiger partial charge in [-0.05, 0) is 35.9 Å². The van der Waals surface area contributed by atoms with Gasteiger partial charge in [-0.15, -0.1) is 10.2 Å². The third kappa shape index (κ3) is 3.98. The molecule has 0 saturated heterocycles. The number of H-pyrrole nitrogens is 1. The SMILES string of the molecule is c1ccc(C2=NN(c3ccccc3)C3=C4N(c5ccccc5)N=C(c5ccccc5)N4c4[nH]c(-c5ccccc5)cc4N23)cc1. The van der Waals surface area contributed by atoms with Crippen LogP contribution >= 0.6 is 0 Å². The fourth-order valence-electron chi connectivity index (χ4n) is 6.19. The number of hydrogen-bond donors (Lipinski definition) is 1. The summed E-state index contributed by atoms with van der Waals surface area (Å²) in [5.74, 6) is 4.36. The minimum atomic E-state index is 0.825. The third-order valence-electron chi connectivity index (χ3n) is 8.23. The van der Waals surface area contributed by atoms with Gasteiger partial charge in [-0.2, -0.15) is 0 Å². The van der Waals surface area contributed by atoms with Crippen molar-refractivity contribution in [2.24, 2.45) is 10.2 Å². The van der Waals surface area contributed by atoms with Crippen LogP contribution in [0, 0.1) is 0 Å². The molecule has 0 bridgehead atoms. The zero-order chi connectivity index (χ0) is 29.7. The van der Waals surface area contributed by atoms with Crippen LogP contribution < -0.4 is 19.8 Å². The van der Waals surface area contributed by atoms with Gasteiger partial charge in [0.05, 0.1) is 17.1 Å². The molecule has 7 heteroatoms. The van der Waals surface area contributed by atoms with E-state index in [2.05, 4.69) is 118 Å². The topological polar surface area (TPSA) is 53.5 Å². The smallest absolute Gasteiger partial charge is 0.186 e. The summed E-state index contributed by atoms with van der Waals surface area (Å²) in [4.78, 5) is 8.32.